The zero-order valence-electron chi connectivity index (χ0n) is 23.0. The normalized spacial score (nSPS) is 22.6. The van der Waals surface area contributed by atoms with E-state index in [1.807, 2.05) is 0 Å². The number of rotatable bonds is 16. The van der Waals surface area contributed by atoms with Crippen LogP contribution in [0.4, 0.5) is 5.69 Å². The van der Waals surface area contributed by atoms with E-state index in [9.17, 15) is 52.4 Å². The van der Waals surface area contributed by atoms with Crippen LogP contribution < -0.4 is 39.8 Å². The van der Waals surface area contributed by atoms with Crippen molar-refractivity contribution in [2.75, 3.05) is 31.2 Å². The van der Waals surface area contributed by atoms with Crippen molar-refractivity contribution in [1.82, 2.24) is 5.32 Å². The van der Waals surface area contributed by atoms with Crippen LogP contribution in [-0.4, -0.2) is 121 Å². The Morgan fingerprint density at radius 2 is 1.33 bits per heavy atom. The predicted molar refractivity (Wildman–Crippen MR) is 139 cm³/mol. The molecule has 1 saturated heterocycles. The minimum Gasteiger partial charge on any atom is -0.352 e. The van der Waals surface area contributed by atoms with Crippen LogP contribution in [0.2, 0.25) is 0 Å². The summed E-state index contributed by atoms with van der Waals surface area (Å²) < 4.78 is 154. The number of amides is 2. The summed E-state index contributed by atoms with van der Waals surface area (Å²) in [5.41, 5.74) is 0.386. The van der Waals surface area contributed by atoms with Crippen molar-refractivity contribution in [3.63, 3.8) is 0 Å². The van der Waals surface area contributed by atoms with Gasteiger partial charge in [-0.3, -0.25) is 27.8 Å². The first-order chi connectivity index (χ1) is 20.0. The maximum atomic E-state index is 12.4. The number of anilines is 1. The van der Waals surface area contributed by atoms with E-state index in [1.165, 1.54) is 6.92 Å². The van der Waals surface area contributed by atoms with E-state index in [0.717, 1.165) is 4.90 Å². The fourth-order valence-corrected chi connectivity index (χ4v) is 5.41. The summed E-state index contributed by atoms with van der Waals surface area (Å²) in [5.74, 6) is -1.23. The van der Waals surface area contributed by atoms with Gasteiger partial charge >= 0.3 is 71.2 Å². The first-order valence-corrected chi connectivity index (χ1v) is 17.0. The Morgan fingerprint density at radius 1 is 0.822 bits per heavy atom. The molecular formula is C18H26N2NaO20S4+. The van der Waals surface area contributed by atoms with Gasteiger partial charge in [-0.15, -0.1) is 0 Å². The minimum absolute atomic E-state index is 0. The molecule has 1 fully saturated rings. The Bertz CT molecular complexity index is 1590. The maximum Gasteiger partial charge on any atom is 1.00 e. The second-order valence-electron chi connectivity index (χ2n) is 8.38. The average molecular weight is 742 g/mol. The molecule has 2 amide bonds. The van der Waals surface area contributed by atoms with Crippen LogP contribution in [0.3, 0.4) is 0 Å². The number of hydrogen-bond acceptors (Lipinski definition) is 16. The molecular weight excluding hydrogens is 715 g/mol. The van der Waals surface area contributed by atoms with Gasteiger partial charge in [0, 0.05) is 19.2 Å². The molecule has 0 radical (unpaired) electrons. The Kier molecular flexibility index (Phi) is 15.8. The summed E-state index contributed by atoms with van der Waals surface area (Å²) in [5, 5.41) is 2.32. The number of carbonyl (C=O) groups is 2. The first-order valence-electron chi connectivity index (χ1n) is 11.5. The number of nitrogens with zero attached hydrogens (tertiary/aromatic N) is 1. The van der Waals surface area contributed by atoms with Crippen molar-refractivity contribution in [3.05, 3.63) is 30.3 Å². The topological polar surface area (TPSA) is 322 Å². The van der Waals surface area contributed by atoms with E-state index in [4.69, 9.17) is 18.6 Å². The van der Waals surface area contributed by atoms with Gasteiger partial charge in [-0.25, -0.2) is 16.7 Å². The molecule has 0 bridgehead atoms. The fourth-order valence-electron chi connectivity index (χ4n) is 3.61. The minimum atomic E-state index is -5.69. The van der Waals surface area contributed by atoms with Crippen LogP contribution >= 0.6 is 0 Å². The van der Waals surface area contributed by atoms with Crippen LogP contribution in [0, 0.1) is 0 Å². The van der Waals surface area contributed by atoms with Crippen LogP contribution in [0.25, 0.3) is 0 Å². The zero-order valence-corrected chi connectivity index (χ0v) is 28.3. The summed E-state index contributed by atoms with van der Waals surface area (Å²) >= 11 is 0. The molecule has 0 unspecified atom stereocenters. The van der Waals surface area contributed by atoms with Crippen molar-refractivity contribution < 1.29 is 117 Å². The third kappa shape index (κ3) is 15.8. The van der Waals surface area contributed by atoms with Crippen molar-refractivity contribution in [3.8, 4) is 0 Å². The molecule has 45 heavy (non-hydrogen) atoms. The van der Waals surface area contributed by atoms with Crippen molar-refractivity contribution in [1.29, 1.82) is 0 Å². The maximum absolute atomic E-state index is 12.4. The molecule has 1 aliphatic heterocycles. The number of para-hydroxylation sites is 1. The second kappa shape index (κ2) is 17.1. The third-order valence-electron chi connectivity index (χ3n) is 5.13. The van der Waals surface area contributed by atoms with E-state index in [1.54, 1.807) is 30.3 Å². The molecule has 0 spiro atoms. The van der Waals surface area contributed by atoms with Crippen molar-refractivity contribution in [2.45, 2.75) is 37.6 Å². The Hall–Kier alpha value is -1.44. The molecule has 0 saturated carbocycles. The molecule has 0 aromatic heterocycles. The van der Waals surface area contributed by atoms with Crippen LogP contribution in [-0.2, 0) is 77.4 Å². The standard InChI is InChI=1S/C18H26N2O20S4.Na/c1-11(21)20(12-5-3-2-4-6-12)9-14(22)19-7-8-35-18-17(40-44(32,33)34)16(39-43(29,30)31)15(38-42(26,27)28)13(37-18)10-36-41(23,24)25;/h2-6,13,15-18H,7-10H2,1H3,(H,19,22)(H,23,24,25)(H,26,27,28)(H,29,30,31)(H,32,33,34);/q;+1/t13-,15-,16+,17+,18+;/m1./s1. The Labute approximate surface area is 279 Å². The van der Waals surface area contributed by atoms with E-state index >= 15 is 0 Å². The number of ether oxygens (including phenoxy) is 2. The molecule has 5 N–H and O–H groups in total. The number of nitrogens with one attached hydrogen (secondary N) is 1. The van der Waals surface area contributed by atoms with Crippen LogP contribution in [0.15, 0.2) is 30.3 Å². The molecule has 1 aromatic carbocycles. The second-order valence-corrected chi connectivity index (χ2v) is 12.6. The predicted octanol–water partition coefficient (Wildman–Crippen LogP) is -5.72. The van der Waals surface area contributed by atoms with E-state index in [2.05, 4.69) is 22.0 Å². The Balaban J connectivity index is 0.0000101. The quantitative estimate of drug-likeness (QED) is 0.0598. The number of carbonyl (C=O) groups excluding carboxylic acids is 2. The Morgan fingerprint density at radius 3 is 1.82 bits per heavy atom. The largest absolute Gasteiger partial charge is 1.00 e. The van der Waals surface area contributed by atoms with Gasteiger partial charge in [0.25, 0.3) is 0 Å². The van der Waals surface area contributed by atoms with Gasteiger partial charge in [0.2, 0.25) is 11.8 Å². The van der Waals surface area contributed by atoms with Crippen LogP contribution in [0.5, 0.6) is 0 Å². The SMILES string of the molecule is CC(=O)N(CC(=O)NCCO[C@H]1O[C@H](COS(=O)(=O)O)[C@@H](OS(=O)(=O)O)[C@H](OS(=O)(=O)O)[C@@H]1OS(=O)(=O)O)c1ccccc1.[Na+]. The van der Waals surface area contributed by atoms with E-state index < -0.39 is 110 Å². The molecule has 1 heterocycles. The molecule has 252 valence electrons. The van der Waals surface area contributed by atoms with Crippen molar-refractivity contribution in [2.24, 2.45) is 0 Å². The van der Waals surface area contributed by atoms with Gasteiger partial charge in [0.05, 0.1) is 13.2 Å². The summed E-state index contributed by atoms with van der Waals surface area (Å²) in [6, 6.07) is 8.02. The molecule has 1 aromatic rings. The summed E-state index contributed by atoms with van der Waals surface area (Å²) in [6.45, 7) is -1.84. The van der Waals surface area contributed by atoms with Gasteiger partial charge in [-0.2, -0.15) is 33.7 Å². The van der Waals surface area contributed by atoms with Gasteiger partial charge in [-0.05, 0) is 12.1 Å². The van der Waals surface area contributed by atoms with Gasteiger partial charge in [-0.1, -0.05) is 18.2 Å². The van der Waals surface area contributed by atoms with Gasteiger partial charge in [0.15, 0.2) is 12.4 Å². The van der Waals surface area contributed by atoms with Gasteiger partial charge in [0.1, 0.15) is 24.9 Å². The number of benzene rings is 1. The molecule has 2 rings (SSSR count). The number of hydrogen-bond donors (Lipinski definition) is 5. The zero-order chi connectivity index (χ0) is 33.5. The van der Waals surface area contributed by atoms with E-state index in [-0.39, 0.29) is 29.6 Å². The summed E-state index contributed by atoms with van der Waals surface area (Å²) in [4.78, 5) is 25.5. The fraction of sp³-hybridized carbons (Fsp3) is 0.556. The third-order valence-corrected chi connectivity index (χ3v) is 6.96. The molecule has 22 nitrogen and oxygen atoms in total. The van der Waals surface area contributed by atoms with E-state index in [0.29, 0.717) is 5.69 Å². The van der Waals surface area contributed by atoms with Crippen LogP contribution in [0.1, 0.15) is 6.92 Å². The summed E-state index contributed by atoms with van der Waals surface area (Å²) in [6.07, 6.45) is -12.5. The monoisotopic (exact) mass is 741 g/mol. The first kappa shape index (κ1) is 41.6. The molecule has 5 atom stereocenters. The molecule has 0 aliphatic carbocycles. The molecule has 1 aliphatic rings. The summed E-state index contributed by atoms with van der Waals surface area (Å²) in [7, 11) is -22.3. The van der Waals surface area contributed by atoms with Crippen molar-refractivity contribution >= 4 is 59.1 Å². The smallest absolute Gasteiger partial charge is 0.352 e. The average Bonchev–Trinajstić information content (AvgIpc) is 2.85. The molecule has 27 heteroatoms. The van der Waals surface area contributed by atoms with Gasteiger partial charge < -0.3 is 19.7 Å².